The van der Waals surface area contributed by atoms with Crippen LogP contribution < -0.4 is 18.1 Å². The minimum Gasteiger partial charge on any atom is -0.404 e. The lowest BCUT2D eigenvalue weighted by Gasteiger charge is -2.30. The molecule has 38 heavy (non-hydrogen) atoms. The van der Waals surface area contributed by atoms with Gasteiger partial charge in [-0.05, 0) is 47.2 Å². The van der Waals surface area contributed by atoms with Gasteiger partial charge in [-0.25, -0.2) is 9.13 Å². The maximum atomic E-state index is 14.5. The van der Waals surface area contributed by atoms with Gasteiger partial charge in [-0.15, -0.1) is 0 Å². The fourth-order valence-corrected chi connectivity index (χ4v) is 8.14. The summed E-state index contributed by atoms with van der Waals surface area (Å²) in [5, 5.41) is 3.00. The second-order valence-corrected chi connectivity index (χ2v) is 12.6. The summed E-state index contributed by atoms with van der Waals surface area (Å²) in [6, 6.07) is 21.7. The summed E-state index contributed by atoms with van der Waals surface area (Å²) < 4.78 is 57.0. The zero-order valence-corrected chi connectivity index (χ0v) is 23.8. The molecule has 0 N–H and O–H groups in total. The van der Waals surface area contributed by atoms with Crippen molar-refractivity contribution in [2.24, 2.45) is 0 Å². The molecular weight excluding hydrogens is 522 g/mol. The normalized spacial score (nSPS) is 21.2. The van der Waals surface area contributed by atoms with Crippen LogP contribution in [0.25, 0.3) is 21.5 Å². The Morgan fingerprint density at radius 3 is 1.34 bits per heavy atom. The van der Waals surface area contributed by atoms with E-state index in [9.17, 15) is 9.13 Å². The first kappa shape index (κ1) is 26.6. The summed E-state index contributed by atoms with van der Waals surface area (Å²) >= 11 is 0. The van der Waals surface area contributed by atoms with E-state index in [-0.39, 0.29) is 0 Å². The van der Waals surface area contributed by atoms with E-state index in [1.165, 1.54) is 0 Å². The SMILES string of the molecule is CCN(CC)P1(=O)Oc2ccc3cccc(c3c2)OP(=O)(N(CC)CC)Oc2cccc3ccc(cc23)O1. The van der Waals surface area contributed by atoms with Crippen LogP contribution >= 0.6 is 15.5 Å². The van der Waals surface area contributed by atoms with Crippen LogP contribution in [0, 0.1) is 0 Å². The first-order chi connectivity index (χ1) is 18.3. The summed E-state index contributed by atoms with van der Waals surface area (Å²) in [4.78, 5) is 0. The molecule has 4 aromatic carbocycles. The molecule has 0 amide bonds. The molecule has 10 heteroatoms. The molecular formula is C28H32N2O6P2. The Bertz CT molecular complexity index is 1470. The molecule has 1 aliphatic rings. The molecule has 0 unspecified atom stereocenters. The van der Waals surface area contributed by atoms with Gasteiger partial charge in [-0.3, -0.25) is 0 Å². The molecule has 0 saturated heterocycles. The first-order valence-electron chi connectivity index (χ1n) is 12.9. The van der Waals surface area contributed by atoms with Crippen LogP contribution in [-0.4, -0.2) is 35.5 Å². The van der Waals surface area contributed by atoms with Crippen molar-refractivity contribution < 1.29 is 27.2 Å². The molecule has 200 valence electrons. The van der Waals surface area contributed by atoms with Gasteiger partial charge in [0.2, 0.25) is 0 Å². The Hall–Kier alpha value is -3.02. The first-order valence-corrected chi connectivity index (χ1v) is 15.9. The highest BCUT2D eigenvalue weighted by Gasteiger charge is 2.38. The molecule has 1 aliphatic heterocycles. The van der Waals surface area contributed by atoms with E-state index < -0.39 is 15.5 Å². The minimum absolute atomic E-state index is 0.348. The summed E-state index contributed by atoms with van der Waals surface area (Å²) in [7, 11) is -7.68. The molecule has 0 radical (unpaired) electrons. The largest absolute Gasteiger partial charge is 0.515 e. The maximum Gasteiger partial charge on any atom is 0.515 e. The molecule has 0 aromatic heterocycles. The second kappa shape index (κ2) is 10.6. The Labute approximate surface area is 223 Å². The summed E-state index contributed by atoms with van der Waals surface area (Å²) in [6.45, 7) is 9.48. The lowest BCUT2D eigenvalue weighted by molar-refractivity contribution is 0.292. The van der Waals surface area contributed by atoms with Crippen molar-refractivity contribution in [1.29, 1.82) is 0 Å². The molecule has 0 saturated carbocycles. The van der Waals surface area contributed by atoms with Crippen LogP contribution in [0.5, 0.6) is 23.0 Å². The second-order valence-electron chi connectivity index (χ2n) is 8.86. The third-order valence-corrected chi connectivity index (χ3v) is 10.9. The van der Waals surface area contributed by atoms with Gasteiger partial charge in [0, 0.05) is 37.0 Å². The van der Waals surface area contributed by atoms with Crippen LogP contribution in [0.1, 0.15) is 27.7 Å². The smallest absolute Gasteiger partial charge is 0.404 e. The van der Waals surface area contributed by atoms with E-state index in [1.807, 2.05) is 64.1 Å². The van der Waals surface area contributed by atoms with Crippen LogP contribution in [0.2, 0.25) is 0 Å². The Balaban J connectivity index is 1.78. The quantitative estimate of drug-likeness (QED) is 0.221. The van der Waals surface area contributed by atoms with Crippen molar-refractivity contribution in [1.82, 2.24) is 9.34 Å². The average Bonchev–Trinajstić information content (AvgIpc) is 2.90. The van der Waals surface area contributed by atoms with Gasteiger partial charge in [0.15, 0.2) is 0 Å². The fraction of sp³-hybridized carbons (Fsp3) is 0.286. The van der Waals surface area contributed by atoms with Crippen LogP contribution in [0.15, 0.2) is 72.8 Å². The van der Waals surface area contributed by atoms with Crippen molar-refractivity contribution in [3.8, 4) is 23.0 Å². The Kier molecular flexibility index (Phi) is 7.43. The molecule has 0 atom stereocenters. The van der Waals surface area contributed by atoms with Gasteiger partial charge < -0.3 is 18.1 Å². The fourth-order valence-electron chi connectivity index (χ4n) is 4.64. The Morgan fingerprint density at radius 1 is 0.553 bits per heavy atom. The summed E-state index contributed by atoms with van der Waals surface area (Å²) in [5.74, 6) is 1.45. The predicted molar refractivity (Wildman–Crippen MR) is 151 cm³/mol. The Morgan fingerprint density at radius 2 is 0.947 bits per heavy atom. The van der Waals surface area contributed by atoms with Gasteiger partial charge in [-0.2, -0.15) is 9.34 Å². The molecule has 0 fully saturated rings. The number of nitrogens with zero attached hydrogens (tertiary/aromatic N) is 2. The minimum atomic E-state index is -3.86. The van der Waals surface area contributed by atoms with Crippen molar-refractivity contribution in [3.05, 3.63) is 72.8 Å². The van der Waals surface area contributed by atoms with Crippen LogP contribution in [0.4, 0.5) is 0 Å². The van der Waals surface area contributed by atoms with Crippen molar-refractivity contribution >= 4 is 37.0 Å². The molecule has 4 bridgehead atoms. The average molecular weight is 555 g/mol. The van der Waals surface area contributed by atoms with Gasteiger partial charge in [0.25, 0.3) is 0 Å². The van der Waals surface area contributed by atoms with E-state index in [2.05, 4.69) is 0 Å². The van der Waals surface area contributed by atoms with Crippen molar-refractivity contribution in [3.63, 3.8) is 0 Å². The molecule has 4 aromatic rings. The number of benzene rings is 4. The lowest BCUT2D eigenvalue weighted by Crippen LogP contribution is -2.26. The van der Waals surface area contributed by atoms with Crippen LogP contribution in [0.3, 0.4) is 0 Å². The zero-order valence-electron chi connectivity index (χ0n) is 22.0. The van der Waals surface area contributed by atoms with Crippen LogP contribution in [-0.2, 0) is 9.13 Å². The standard InChI is InChI=1S/C28H32N2O6P2/c1-5-29(6-2)37(31)33-23-17-15-21-11-9-13-27(25(21)19-23)35-38(32,30(7-3)8-4)36-28-14-10-12-22-16-18-24(34-37)20-26(22)28/h9-20H,5-8H2,1-4H3. The highest BCUT2D eigenvalue weighted by atomic mass is 31.2. The zero-order chi connectivity index (χ0) is 26.9. The number of hydrogen-bond donors (Lipinski definition) is 0. The van der Waals surface area contributed by atoms with E-state index in [1.54, 1.807) is 45.7 Å². The monoisotopic (exact) mass is 554 g/mol. The van der Waals surface area contributed by atoms with Crippen molar-refractivity contribution in [2.75, 3.05) is 26.2 Å². The van der Waals surface area contributed by atoms with E-state index >= 15 is 0 Å². The molecule has 5 rings (SSSR count). The van der Waals surface area contributed by atoms with Crippen molar-refractivity contribution in [2.45, 2.75) is 27.7 Å². The van der Waals surface area contributed by atoms with Gasteiger partial charge in [0.05, 0.1) is 0 Å². The molecule has 8 nitrogen and oxygen atoms in total. The van der Waals surface area contributed by atoms with E-state index in [4.69, 9.17) is 18.1 Å². The molecule has 0 aliphatic carbocycles. The maximum absolute atomic E-state index is 14.5. The van der Waals surface area contributed by atoms with E-state index in [0.29, 0.717) is 59.9 Å². The third kappa shape index (κ3) is 4.90. The number of hydrogen-bond acceptors (Lipinski definition) is 6. The van der Waals surface area contributed by atoms with Gasteiger partial charge in [0.1, 0.15) is 23.0 Å². The highest BCUT2D eigenvalue weighted by Crippen LogP contribution is 2.56. The summed E-state index contributed by atoms with van der Waals surface area (Å²) in [6.07, 6.45) is 0. The number of fused-ring (bicyclic) bond motifs is 2. The van der Waals surface area contributed by atoms with E-state index in [0.717, 1.165) is 10.8 Å². The number of rotatable bonds is 6. The third-order valence-electron chi connectivity index (χ3n) is 6.65. The summed E-state index contributed by atoms with van der Waals surface area (Å²) in [5.41, 5.74) is 0. The lowest BCUT2D eigenvalue weighted by atomic mass is 10.1. The van der Waals surface area contributed by atoms with Gasteiger partial charge >= 0.3 is 15.5 Å². The molecule has 0 spiro atoms. The highest BCUT2D eigenvalue weighted by molar-refractivity contribution is 7.52. The van der Waals surface area contributed by atoms with Gasteiger partial charge in [-0.1, -0.05) is 64.1 Å². The molecule has 1 heterocycles. The topological polar surface area (TPSA) is 77.5 Å². The predicted octanol–water partition coefficient (Wildman–Crippen LogP) is 8.12.